The van der Waals surface area contributed by atoms with Gasteiger partial charge in [0.2, 0.25) is 10.0 Å². The molecule has 0 aliphatic heterocycles. The Hall–Kier alpha value is -0.690. The van der Waals surface area contributed by atoms with Gasteiger partial charge in [0.05, 0.1) is 11.5 Å². The fourth-order valence-electron chi connectivity index (χ4n) is 1.06. The lowest BCUT2D eigenvalue weighted by molar-refractivity contribution is 0.214. The average molecular weight is 265 g/mol. The summed E-state index contributed by atoms with van der Waals surface area (Å²) in [6, 6.07) is 2.15. The smallest absolute Gasteiger partial charge is 0.243 e. The predicted octanol–water partition coefficient (Wildman–Crippen LogP) is 0.736. The number of likely N-dealkylation sites (N-methyl/N-ethyl adjacent to an activating group) is 1. The number of sulfonamides is 1. The van der Waals surface area contributed by atoms with Crippen LogP contribution in [0.4, 0.5) is 0 Å². The van der Waals surface area contributed by atoms with E-state index in [9.17, 15) is 8.42 Å². The zero-order valence-electron chi connectivity index (χ0n) is 8.96. The van der Waals surface area contributed by atoms with Gasteiger partial charge in [0, 0.05) is 19.3 Å². The van der Waals surface area contributed by atoms with E-state index >= 15 is 0 Å². The van der Waals surface area contributed by atoms with E-state index in [0.717, 1.165) is 4.31 Å². The summed E-state index contributed by atoms with van der Waals surface area (Å²) in [5, 5.41) is 9.04. The molecule has 7 heteroatoms. The van der Waals surface area contributed by atoms with Crippen LogP contribution in [0, 0.1) is 0 Å². The number of aliphatic hydroxyl groups is 1. The largest absolute Gasteiger partial charge is 0.395 e. The molecular formula is C9H13ClN2O3S. The van der Waals surface area contributed by atoms with Gasteiger partial charge in [0.15, 0.2) is 0 Å². The Balaban J connectivity index is 3.12. The number of hydrogen-bond acceptors (Lipinski definition) is 4. The first-order chi connectivity index (χ1) is 7.39. The topological polar surface area (TPSA) is 70.5 Å². The molecule has 0 aromatic carbocycles. The molecule has 0 spiro atoms. The van der Waals surface area contributed by atoms with E-state index in [4.69, 9.17) is 16.7 Å². The molecule has 0 radical (unpaired) electrons. The highest BCUT2D eigenvalue weighted by Crippen LogP contribution is 2.18. The summed E-state index contributed by atoms with van der Waals surface area (Å²) >= 11 is 5.63. The molecule has 1 unspecified atom stereocenters. The van der Waals surface area contributed by atoms with Gasteiger partial charge in [0.25, 0.3) is 0 Å². The molecule has 1 N–H and O–H groups in total. The molecule has 0 saturated carbocycles. The second-order valence-corrected chi connectivity index (χ2v) is 5.75. The normalized spacial score (nSPS) is 14.1. The van der Waals surface area contributed by atoms with Gasteiger partial charge in [-0.15, -0.1) is 0 Å². The van der Waals surface area contributed by atoms with Crippen LogP contribution >= 0.6 is 11.6 Å². The molecule has 5 nitrogen and oxygen atoms in total. The fourth-order valence-corrected chi connectivity index (χ4v) is 2.67. The predicted molar refractivity (Wildman–Crippen MR) is 60.7 cm³/mol. The van der Waals surface area contributed by atoms with Crippen molar-refractivity contribution in [2.45, 2.75) is 17.9 Å². The zero-order chi connectivity index (χ0) is 12.3. The van der Waals surface area contributed by atoms with Gasteiger partial charge in [-0.1, -0.05) is 11.6 Å². The Morgan fingerprint density at radius 2 is 2.25 bits per heavy atom. The quantitative estimate of drug-likeness (QED) is 0.814. The van der Waals surface area contributed by atoms with Crippen molar-refractivity contribution < 1.29 is 13.5 Å². The monoisotopic (exact) mass is 264 g/mol. The Labute approximate surface area is 99.7 Å². The lowest BCUT2D eigenvalue weighted by atomic mass is 10.4. The van der Waals surface area contributed by atoms with Gasteiger partial charge in [-0.05, 0) is 19.1 Å². The number of aromatic nitrogens is 1. The SMILES string of the molecule is CC(CO)N(C)S(=O)(=O)c1ccnc(Cl)c1. The number of rotatable bonds is 4. The molecule has 1 atom stereocenters. The van der Waals surface area contributed by atoms with Crippen molar-refractivity contribution >= 4 is 21.6 Å². The van der Waals surface area contributed by atoms with Crippen LogP contribution < -0.4 is 0 Å². The lowest BCUT2D eigenvalue weighted by Crippen LogP contribution is -2.37. The van der Waals surface area contributed by atoms with Gasteiger partial charge in [0.1, 0.15) is 5.15 Å². The van der Waals surface area contributed by atoms with Gasteiger partial charge < -0.3 is 5.11 Å². The molecule has 0 aliphatic rings. The first-order valence-electron chi connectivity index (χ1n) is 4.60. The van der Waals surface area contributed by atoms with Crippen LogP contribution in [-0.4, -0.2) is 42.5 Å². The minimum absolute atomic E-state index is 0.0651. The molecule has 0 saturated heterocycles. The van der Waals surface area contributed by atoms with Crippen LogP contribution in [0.25, 0.3) is 0 Å². The fraction of sp³-hybridized carbons (Fsp3) is 0.444. The van der Waals surface area contributed by atoms with Gasteiger partial charge in [-0.25, -0.2) is 13.4 Å². The zero-order valence-corrected chi connectivity index (χ0v) is 10.5. The molecule has 1 rings (SSSR count). The molecule has 90 valence electrons. The van der Waals surface area contributed by atoms with Crippen molar-refractivity contribution in [1.82, 2.24) is 9.29 Å². The minimum atomic E-state index is -3.62. The van der Waals surface area contributed by atoms with Crippen molar-refractivity contribution in [2.24, 2.45) is 0 Å². The summed E-state index contributed by atoms with van der Waals surface area (Å²) in [6.07, 6.45) is 1.33. The van der Waals surface area contributed by atoms with Crippen LogP contribution in [-0.2, 0) is 10.0 Å². The summed E-state index contributed by atoms with van der Waals surface area (Å²) in [7, 11) is -2.22. The molecule has 0 aliphatic carbocycles. The van der Waals surface area contributed by atoms with Gasteiger partial charge in [-0.2, -0.15) is 4.31 Å². The molecule has 16 heavy (non-hydrogen) atoms. The summed E-state index contributed by atoms with van der Waals surface area (Å²) in [4.78, 5) is 3.78. The second-order valence-electron chi connectivity index (χ2n) is 3.37. The van der Waals surface area contributed by atoms with Crippen molar-refractivity contribution in [3.8, 4) is 0 Å². The molecule has 0 fully saturated rings. The maximum absolute atomic E-state index is 12.0. The van der Waals surface area contributed by atoms with Crippen molar-refractivity contribution in [3.63, 3.8) is 0 Å². The Bertz CT molecular complexity index is 464. The van der Waals surface area contributed by atoms with E-state index in [0.29, 0.717) is 0 Å². The van der Waals surface area contributed by atoms with E-state index in [1.165, 1.54) is 25.4 Å². The summed E-state index contributed by atoms with van der Waals surface area (Å²) < 4.78 is 25.1. The van der Waals surface area contributed by atoms with Crippen LogP contribution in [0.3, 0.4) is 0 Å². The third kappa shape index (κ3) is 2.70. The number of pyridine rings is 1. The average Bonchev–Trinajstić information content (AvgIpc) is 2.27. The van der Waals surface area contributed by atoms with E-state index in [2.05, 4.69) is 4.98 Å². The highest BCUT2D eigenvalue weighted by molar-refractivity contribution is 7.89. The third-order valence-corrected chi connectivity index (χ3v) is 4.43. The number of aliphatic hydroxyl groups excluding tert-OH is 1. The first kappa shape index (κ1) is 13.4. The van der Waals surface area contributed by atoms with Crippen LogP contribution in [0.5, 0.6) is 0 Å². The maximum Gasteiger partial charge on any atom is 0.243 e. The van der Waals surface area contributed by atoms with E-state index in [1.54, 1.807) is 6.92 Å². The lowest BCUT2D eigenvalue weighted by Gasteiger charge is -2.22. The van der Waals surface area contributed by atoms with E-state index in [1.807, 2.05) is 0 Å². The molecular weight excluding hydrogens is 252 g/mol. The van der Waals surface area contributed by atoms with Crippen LogP contribution in [0.2, 0.25) is 5.15 Å². The van der Waals surface area contributed by atoms with Crippen molar-refractivity contribution in [2.75, 3.05) is 13.7 Å². The summed E-state index contributed by atoms with van der Waals surface area (Å²) in [5.41, 5.74) is 0. The van der Waals surface area contributed by atoms with E-state index < -0.39 is 16.1 Å². The molecule has 0 amide bonds. The van der Waals surface area contributed by atoms with Gasteiger partial charge in [-0.3, -0.25) is 0 Å². The number of hydrogen-bond donors (Lipinski definition) is 1. The summed E-state index contributed by atoms with van der Waals surface area (Å²) in [6.45, 7) is 1.37. The number of nitrogens with zero attached hydrogens (tertiary/aromatic N) is 2. The molecule has 1 heterocycles. The minimum Gasteiger partial charge on any atom is -0.395 e. The third-order valence-electron chi connectivity index (χ3n) is 2.26. The number of halogens is 1. The molecule has 1 aromatic rings. The Kier molecular flexibility index (Phi) is 4.26. The Morgan fingerprint density at radius 3 is 2.75 bits per heavy atom. The Morgan fingerprint density at radius 1 is 1.62 bits per heavy atom. The highest BCUT2D eigenvalue weighted by Gasteiger charge is 2.25. The maximum atomic E-state index is 12.0. The van der Waals surface area contributed by atoms with Crippen LogP contribution in [0.1, 0.15) is 6.92 Å². The van der Waals surface area contributed by atoms with Crippen molar-refractivity contribution in [1.29, 1.82) is 0 Å². The highest BCUT2D eigenvalue weighted by atomic mass is 35.5. The molecule has 1 aromatic heterocycles. The standard InChI is InChI=1S/C9H13ClN2O3S/c1-7(6-13)12(2)16(14,15)8-3-4-11-9(10)5-8/h3-5,7,13H,6H2,1-2H3. The second kappa shape index (κ2) is 5.09. The van der Waals surface area contributed by atoms with Crippen LogP contribution in [0.15, 0.2) is 23.2 Å². The first-order valence-corrected chi connectivity index (χ1v) is 6.42. The van der Waals surface area contributed by atoms with Crippen molar-refractivity contribution in [3.05, 3.63) is 23.5 Å². The van der Waals surface area contributed by atoms with E-state index in [-0.39, 0.29) is 16.7 Å². The summed E-state index contributed by atoms with van der Waals surface area (Å²) in [5.74, 6) is 0. The van der Waals surface area contributed by atoms with Gasteiger partial charge >= 0.3 is 0 Å². The molecule has 0 bridgehead atoms.